The SMILES string of the molecule is Cc1cc(C)cc(N(C)CC2(CO)CCC(C)CC2)c1. The van der Waals surface area contributed by atoms with Gasteiger partial charge in [-0.1, -0.05) is 25.8 Å². The topological polar surface area (TPSA) is 23.5 Å². The Morgan fingerprint density at radius 1 is 1.15 bits per heavy atom. The maximum atomic E-state index is 9.91. The number of hydrogen-bond donors (Lipinski definition) is 1. The minimum absolute atomic E-state index is 0.0961. The zero-order valence-electron chi connectivity index (χ0n) is 13.4. The summed E-state index contributed by atoms with van der Waals surface area (Å²) < 4.78 is 0. The van der Waals surface area contributed by atoms with Crippen LogP contribution in [0.1, 0.15) is 43.7 Å². The molecule has 0 unspecified atom stereocenters. The van der Waals surface area contributed by atoms with E-state index >= 15 is 0 Å². The lowest BCUT2D eigenvalue weighted by Gasteiger charge is -2.41. The second-order valence-electron chi connectivity index (χ2n) is 7.04. The van der Waals surface area contributed by atoms with Crippen LogP contribution in [0.3, 0.4) is 0 Å². The van der Waals surface area contributed by atoms with Crippen LogP contribution in [-0.2, 0) is 0 Å². The highest BCUT2D eigenvalue weighted by molar-refractivity contribution is 5.50. The van der Waals surface area contributed by atoms with Crippen LogP contribution in [0.2, 0.25) is 0 Å². The van der Waals surface area contributed by atoms with E-state index in [9.17, 15) is 5.11 Å². The Morgan fingerprint density at radius 2 is 1.70 bits per heavy atom. The molecule has 0 spiro atoms. The van der Waals surface area contributed by atoms with Crippen LogP contribution in [-0.4, -0.2) is 25.3 Å². The van der Waals surface area contributed by atoms with E-state index in [1.165, 1.54) is 29.7 Å². The Kier molecular flexibility index (Phi) is 4.74. The number of rotatable bonds is 4. The Balaban J connectivity index is 2.10. The van der Waals surface area contributed by atoms with E-state index in [0.29, 0.717) is 6.61 Å². The van der Waals surface area contributed by atoms with Gasteiger partial charge in [0.1, 0.15) is 0 Å². The van der Waals surface area contributed by atoms with Crippen molar-refractivity contribution in [3.05, 3.63) is 29.3 Å². The molecule has 0 amide bonds. The summed E-state index contributed by atoms with van der Waals surface area (Å²) in [4.78, 5) is 2.33. The van der Waals surface area contributed by atoms with Crippen molar-refractivity contribution >= 4 is 5.69 Å². The number of aliphatic hydroxyl groups is 1. The molecule has 0 radical (unpaired) electrons. The molecule has 1 aromatic carbocycles. The third-order valence-electron chi connectivity index (χ3n) is 4.89. The molecule has 2 heteroatoms. The van der Waals surface area contributed by atoms with E-state index in [4.69, 9.17) is 0 Å². The monoisotopic (exact) mass is 275 g/mol. The Hall–Kier alpha value is -1.02. The maximum absolute atomic E-state index is 9.91. The number of hydrogen-bond acceptors (Lipinski definition) is 2. The molecule has 1 fully saturated rings. The molecule has 2 rings (SSSR count). The van der Waals surface area contributed by atoms with Crippen LogP contribution in [0.15, 0.2) is 18.2 Å². The average Bonchev–Trinajstić information content (AvgIpc) is 2.40. The van der Waals surface area contributed by atoms with Crippen LogP contribution in [0.4, 0.5) is 5.69 Å². The van der Waals surface area contributed by atoms with Gasteiger partial charge in [-0.3, -0.25) is 0 Å². The van der Waals surface area contributed by atoms with Crippen LogP contribution in [0, 0.1) is 25.2 Å². The lowest BCUT2D eigenvalue weighted by Crippen LogP contribution is -2.41. The summed E-state index contributed by atoms with van der Waals surface area (Å²) in [5.74, 6) is 0.821. The largest absolute Gasteiger partial charge is 0.396 e. The highest BCUT2D eigenvalue weighted by Gasteiger charge is 2.34. The summed E-state index contributed by atoms with van der Waals surface area (Å²) in [5.41, 5.74) is 3.98. The van der Waals surface area contributed by atoms with Crippen LogP contribution < -0.4 is 4.90 Å². The third kappa shape index (κ3) is 3.54. The molecule has 2 nitrogen and oxygen atoms in total. The number of aliphatic hydroxyl groups excluding tert-OH is 1. The molecule has 112 valence electrons. The normalized spacial score (nSPS) is 26.6. The zero-order valence-corrected chi connectivity index (χ0v) is 13.4. The van der Waals surface area contributed by atoms with Crippen LogP contribution >= 0.6 is 0 Å². The van der Waals surface area contributed by atoms with Crippen LogP contribution in [0.5, 0.6) is 0 Å². The zero-order chi connectivity index (χ0) is 14.8. The molecule has 1 aliphatic carbocycles. The second kappa shape index (κ2) is 6.17. The predicted molar refractivity (Wildman–Crippen MR) is 86.3 cm³/mol. The fraction of sp³-hybridized carbons (Fsp3) is 0.667. The molecule has 20 heavy (non-hydrogen) atoms. The molecule has 1 aliphatic rings. The number of nitrogens with zero attached hydrogens (tertiary/aromatic N) is 1. The molecule has 0 heterocycles. The predicted octanol–water partition coefficient (Wildman–Crippen LogP) is 3.93. The van der Waals surface area contributed by atoms with Gasteiger partial charge in [-0.25, -0.2) is 0 Å². The standard InChI is InChI=1S/C18H29NO/c1-14-5-7-18(13-20,8-6-14)12-19(4)17-10-15(2)9-16(3)11-17/h9-11,14,20H,5-8,12-13H2,1-4H3. The first kappa shape index (κ1) is 15.4. The van der Waals surface area contributed by atoms with Crippen molar-refractivity contribution in [2.75, 3.05) is 25.1 Å². The third-order valence-corrected chi connectivity index (χ3v) is 4.89. The first-order chi connectivity index (χ1) is 9.44. The molecule has 1 saturated carbocycles. The van der Waals surface area contributed by atoms with Gasteiger partial charge in [0, 0.05) is 24.7 Å². The molecule has 1 N–H and O–H groups in total. The summed E-state index contributed by atoms with van der Waals surface area (Å²) in [5, 5.41) is 9.91. The molecule has 0 aromatic heterocycles. The fourth-order valence-corrected chi connectivity index (χ4v) is 3.51. The first-order valence-corrected chi connectivity index (χ1v) is 7.84. The van der Waals surface area contributed by atoms with E-state index in [1.807, 2.05) is 0 Å². The van der Waals surface area contributed by atoms with Crippen molar-refractivity contribution in [2.24, 2.45) is 11.3 Å². The summed E-state index contributed by atoms with van der Waals surface area (Å²) in [6.07, 6.45) is 4.81. The summed E-state index contributed by atoms with van der Waals surface area (Å²) >= 11 is 0. The number of anilines is 1. The van der Waals surface area contributed by atoms with Gasteiger partial charge in [0.25, 0.3) is 0 Å². The molecule has 0 aliphatic heterocycles. The lowest BCUT2D eigenvalue weighted by atomic mass is 9.71. The van der Waals surface area contributed by atoms with Crippen molar-refractivity contribution in [3.63, 3.8) is 0 Å². The smallest absolute Gasteiger partial charge is 0.0504 e. The van der Waals surface area contributed by atoms with Gasteiger partial charge < -0.3 is 10.0 Å². The van der Waals surface area contributed by atoms with E-state index in [-0.39, 0.29) is 5.41 Å². The van der Waals surface area contributed by atoms with Crippen molar-refractivity contribution in [2.45, 2.75) is 46.5 Å². The van der Waals surface area contributed by atoms with Crippen molar-refractivity contribution < 1.29 is 5.11 Å². The Bertz CT molecular complexity index is 426. The van der Waals surface area contributed by atoms with Crippen molar-refractivity contribution in [1.29, 1.82) is 0 Å². The molecule has 0 saturated heterocycles. The maximum Gasteiger partial charge on any atom is 0.0504 e. The van der Waals surface area contributed by atoms with Gasteiger partial charge in [-0.2, -0.15) is 0 Å². The Labute approximate surface area is 123 Å². The minimum Gasteiger partial charge on any atom is -0.396 e. The van der Waals surface area contributed by atoms with Crippen molar-refractivity contribution in [1.82, 2.24) is 0 Å². The second-order valence-corrected chi connectivity index (χ2v) is 7.04. The average molecular weight is 275 g/mol. The van der Waals surface area contributed by atoms with Gasteiger partial charge >= 0.3 is 0 Å². The summed E-state index contributed by atoms with van der Waals surface area (Å²) in [6, 6.07) is 6.69. The number of aryl methyl sites for hydroxylation is 2. The van der Waals surface area contributed by atoms with E-state index in [2.05, 4.69) is 50.9 Å². The van der Waals surface area contributed by atoms with Gasteiger partial charge in [0.15, 0.2) is 0 Å². The summed E-state index contributed by atoms with van der Waals surface area (Å²) in [7, 11) is 2.16. The van der Waals surface area contributed by atoms with Gasteiger partial charge in [-0.15, -0.1) is 0 Å². The van der Waals surface area contributed by atoms with Gasteiger partial charge in [0.2, 0.25) is 0 Å². The Morgan fingerprint density at radius 3 is 2.20 bits per heavy atom. The van der Waals surface area contributed by atoms with Gasteiger partial charge in [-0.05, 0) is 55.9 Å². The lowest BCUT2D eigenvalue weighted by molar-refractivity contribution is 0.0740. The van der Waals surface area contributed by atoms with Gasteiger partial charge in [0.05, 0.1) is 6.61 Å². The highest BCUT2D eigenvalue weighted by Crippen LogP contribution is 2.39. The molecule has 0 atom stereocenters. The first-order valence-electron chi connectivity index (χ1n) is 7.84. The quantitative estimate of drug-likeness (QED) is 0.900. The van der Waals surface area contributed by atoms with Crippen molar-refractivity contribution in [3.8, 4) is 0 Å². The molecular weight excluding hydrogens is 246 g/mol. The molecule has 1 aromatic rings. The fourth-order valence-electron chi connectivity index (χ4n) is 3.51. The summed E-state index contributed by atoms with van der Waals surface area (Å²) in [6.45, 7) is 7.89. The molecule has 0 bridgehead atoms. The van der Waals surface area contributed by atoms with E-state index < -0.39 is 0 Å². The minimum atomic E-state index is 0.0961. The van der Waals surface area contributed by atoms with Crippen LogP contribution in [0.25, 0.3) is 0 Å². The van der Waals surface area contributed by atoms with E-state index in [0.717, 1.165) is 25.3 Å². The highest BCUT2D eigenvalue weighted by atomic mass is 16.3. The number of benzene rings is 1. The van der Waals surface area contributed by atoms with E-state index in [1.54, 1.807) is 0 Å². The molecular formula is C18H29NO.